The van der Waals surface area contributed by atoms with Crippen molar-refractivity contribution in [2.24, 2.45) is 4.99 Å². The number of fused-ring (bicyclic) bond motifs is 2. The number of nitrogens with one attached hydrogen (secondary N) is 1. The molecule has 1 aliphatic heterocycles. The van der Waals surface area contributed by atoms with Crippen molar-refractivity contribution in [3.63, 3.8) is 0 Å². The van der Waals surface area contributed by atoms with Crippen LogP contribution in [-0.4, -0.2) is 25.8 Å². The molecule has 0 unspecified atom stereocenters. The van der Waals surface area contributed by atoms with E-state index < -0.39 is 0 Å². The third kappa shape index (κ3) is 3.85. The van der Waals surface area contributed by atoms with E-state index in [0.29, 0.717) is 5.65 Å². The Balaban J connectivity index is 0.000000186. The van der Waals surface area contributed by atoms with Crippen molar-refractivity contribution in [2.75, 3.05) is 10.6 Å². The second-order valence-electron chi connectivity index (χ2n) is 7.69. The van der Waals surface area contributed by atoms with Gasteiger partial charge >= 0.3 is 0 Å². The number of nitrogens with zero attached hydrogens (tertiary/aromatic N) is 5. The van der Waals surface area contributed by atoms with Crippen LogP contribution in [0.1, 0.15) is 35.7 Å². The average Bonchev–Trinajstić information content (AvgIpc) is 3.24. The van der Waals surface area contributed by atoms with Gasteiger partial charge in [-0.25, -0.2) is 15.0 Å². The molecule has 0 aliphatic carbocycles. The van der Waals surface area contributed by atoms with Crippen molar-refractivity contribution in [3.8, 4) is 0 Å². The molecule has 3 heterocycles. The minimum absolute atomic E-state index is 0.266. The molecule has 7 heteroatoms. The monoisotopic (exact) mass is 425 g/mol. The van der Waals surface area contributed by atoms with Gasteiger partial charge in [-0.2, -0.15) is 4.98 Å². The maximum Gasteiger partial charge on any atom is 0.222 e. The van der Waals surface area contributed by atoms with Crippen LogP contribution in [0.2, 0.25) is 0 Å². The largest absolute Gasteiger partial charge is 0.368 e. The van der Waals surface area contributed by atoms with Crippen LogP contribution in [0, 0.1) is 20.8 Å². The summed E-state index contributed by atoms with van der Waals surface area (Å²) in [4.78, 5) is 21.8. The Bertz CT molecular complexity index is 1330. The van der Waals surface area contributed by atoms with E-state index in [-0.39, 0.29) is 5.95 Å². The van der Waals surface area contributed by atoms with Gasteiger partial charge < -0.3 is 10.7 Å². The number of amidine groups is 1. The molecule has 0 amide bonds. The van der Waals surface area contributed by atoms with Crippen molar-refractivity contribution in [2.45, 2.75) is 34.1 Å². The van der Waals surface area contributed by atoms with Gasteiger partial charge in [0.15, 0.2) is 5.65 Å². The average molecular weight is 426 g/mol. The Hall–Kier alpha value is -4.00. The maximum absolute atomic E-state index is 5.41. The molecule has 2 aromatic heterocycles. The zero-order valence-corrected chi connectivity index (χ0v) is 18.8. The highest BCUT2D eigenvalue weighted by Crippen LogP contribution is 2.39. The summed E-state index contributed by atoms with van der Waals surface area (Å²) in [6, 6.07) is 14.6. The van der Waals surface area contributed by atoms with Gasteiger partial charge in [0.25, 0.3) is 0 Å². The minimum Gasteiger partial charge on any atom is -0.368 e. The summed E-state index contributed by atoms with van der Waals surface area (Å²) in [5.74, 6) is 1.31. The molecule has 7 nitrogen and oxygen atoms in total. The summed E-state index contributed by atoms with van der Waals surface area (Å²) < 4.78 is 0. The molecule has 2 aromatic carbocycles. The first-order valence-electron chi connectivity index (χ1n) is 10.6. The van der Waals surface area contributed by atoms with E-state index in [2.05, 4.69) is 94.7 Å². The number of aryl methyl sites for hydroxylation is 3. The van der Waals surface area contributed by atoms with E-state index in [1.165, 1.54) is 11.1 Å². The van der Waals surface area contributed by atoms with Gasteiger partial charge in [0.1, 0.15) is 11.4 Å². The summed E-state index contributed by atoms with van der Waals surface area (Å²) in [7, 11) is 0. The molecule has 32 heavy (non-hydrogen) atoms. The van der Waals surface area contributed by atoms with Gasteiger partial charge in [0, 0.05) is 17.7 Å². The van der Waals surface area contributed by atoms with Crippen molar-refractivity contribution in [3.05, 3.63) is 77.8 Å². The summed E-state index contributed by atoms with van der Waals surface area (Å²) >= 11 is 0. The van der Waals surface area contributed by atoms with Gasteiger partial charge in [-0.1, -0.05) is 43.8 Å². The molecule has 4 aromatic rings. The lowest BCUT2D eigenvalue weighted by Crippen LogP contribution is -2.31. The van der Waals surface area contributed by atoms with Crippen LogP contribution in [0.3, 0.4) is 0 Å². The molecule has 1 aliphatic rings. The van der Waals surface area contributed by atoms with Crippen LogP contribution < -0.4 is 10.6 Å². The van der Waals surface area contributed by atoms with Crippen LogP contribution >= 0.6 is 0 Å². The Morgan fingerprint density at radius 3 is 2.50 bits per heavy atom. The number of imidazole rings is 1. The van der Waals surface area contributed by atoms with E-state index in [1.807, 2.05) is 6.92 Å². The van der Waals surface area contributed by atoms with Crippen LogP contribution in [0.15, 0.2) is 60.4 Å². The minimum atomic E-state index is 0.266. The van der Waals surface area contributed by atoms with Crippen LogP contribution in [0.4, 0.5) is 17.3 Å². The smallest absolute Gasteiger partial charge is 0.222 e. The first kappa shape index (κ1) is 21.2. The molecule has 0 saturated carbocycles. The summed E-state index contributed by atoms with van der Waals surface area (Å²) in [5.41, 5.74) is 14.5. The Kier molecular flexibility index (Phi) is 5.73. The molecule has 0 radical (unpaired) electrons. The fourth-order valence-electron chi connectivity index (χ4n) is 3.91. The standard InChI is InChI=1S/C19H20N2.C6H7N5/c1-5-18-20-16-11-8-10-14(3)19(16)15(4)21(18)17-12-7-6-9-13(17)2;1-3-4-5(9-2-8-4)11-6(7)10-3/h6-12H,4-5H2,1-3H3;2H,1H3,(H3,7,8,9,10,11). The second-order valence-corrected chi connectivity index (χ2v) is 7.69. The van der Waals surface area contributed by atoms with E-state index in [0.717, 1.165) is 46.1 Å². The molecule has 162 valence electrons. The van der Waals surface area contributed by atoms with Gasteiger partial charge in [0.2, 0.25) is 5.95 Å². The zero-order chi connectivity index (χ0) is 22.8. The van der Waals surface area contributed by atoms with E-state index >= 15 is 0 Å². The van der Waals surface area contributed by atoms with Crippen LogP contribution in [0.25, 0.3) is 16.9 Å². The van der Waals surface area contributed by atoms with E-state index in [1.54, 1.807) is 6.33 Å². The van der Waals surface area contributed by atoms with Gasteiger partial charge in [-0.15, -0.1) is 0 Å². The number of aromatic nitrogens is 4. The number of para-hydroxylation sites is 1. The summed E-state index contributed by atoms with van der Waals surface area (Å²) in [6.45, 7) is 12.6. The van der Waals surface area contributed by atoms with Crippen molar-refractivity contribution >= 4 is 40.0 Å². The zero-order valence-electron chi connectivity index (χ0n) is 18.8. The van der Waals surface area contributed by atoms with Crippen molar-refractivity contribution < 1.29 is 0 Å². The SMILES string of the molecule is C=C1c2c(C)cccc2N=C(CC)N1c1ccccc1C.Cc1nc(N)nc2nc[nH]c12. The first-order chi connectivity index (χ1) is 15.4. The number of nitrogens with two attached hydrogens (primary N) is 1. The predicted octanol–water partition coefficient (Wildman–Crippen LogP) is 5.48. The number of nitrogen functional groups attached to an aromatic ring is 1. The quantitative estimate of drug-likeness (QED) is 0.443. The highest BCUT2D eigenvalue weighted by atomic mass is 15.2. The second kappa shape index (κ2) is 8.63. The number of anilines is 2. The number of benzene rings is 2. The molecular weight excluding hydrogens is 398 g/mol. The number of rotatable bonds is 2. The lowest BCUT2D eigenvalue weighted by Gasteiger charge is -2.34. The highest BCUT2D eigenvalue weighted by molar-refractivity contribution is 6.13. The predicted molar refractivity (Wildman–Crippen MR) is 132 cm³/mol. The molecule has 0 saturated heterocycles. The number of H-pyrrole nitrogens is 1. The van der Waals surface area contributed by atoms with Gasteiger partial charge in [0.05, 0.1) is 23.4 Å². The van der Waals surface area contributed by atoms with E-state index in [9.17, 15) is 0 Å². The van der Waals surface area contributed by atoms with Gasteiger partial charge in [-0.05, 0) is 44.0 Å². The highest BCUT2D eigenvalue weighted by Gasteiger charge is 2.25. The molecule has 0 fully saturated rings. The van der Waals surface area contributed by atoms with E-state index in [4.69, 9.17) is 10.7 Å². The number of aromatic amines is 1. The number of hydrogen-bond donors (Lipinski definition) is 2. The topological polar surface area (TPSA) is 96.1 Å². The molecular formula is C25H27N7. The first-order valence-corrected chi connectivity index (χ1v) is 10.6. The Morgan fingerprint density at radius 1 is 1.00 bits per heavy atom. The molecule has 0 spiro atoms. The van der Waals surface area contributed by atoms with Crippen molar-refractivity contribution in [1.29, 1.82) is 0 Å². The Labute approximate surface area is 187 Å². The van der Waals surface area contributed by atoms with Crippen LogP contribution in [0.5, 0.6) is 0 Å². The lowest BCUT2D eigenvalue weighted by molar-refractivity contribution is 1.15. The molecule has 3 N–H and O–H groups in total. The normalized spacial score (nSPS) is 12.8. The Morgan fingerprint density at radius 2 is 1.75 bits per heavy atom. The van der Waals surface area contributed by atoms with Crippen molar-refractivity contribution in [1.82, 2.24) is 19.9 Å². The third-order valence-corrected chi connectivity index (χ3v) is 5.47. The number of aliphatic imine (C=N–C) groups is 1. The lowest BCUT2D eigenvalue weighted by atomic mass is 9.99. The fourth-order valence-corrected chi connectivity index (χ4v) is 3.91. The maximum atomic E-state index is 5.41. The van der Waals surface area contributed by atoms with Gasteiger partial charge in [-0.3, -0.25) is 4.90 Å². The molecule has 5 rings (SSSR count). The third-order valence-electron chi connectivity index (χ3n) is 5.47. The molecule has 0 atom stereocenters. The fraction of sp³-hybridized carbons (Fsp3) is 0.200. The van der Waals surface area contributed by atoms with Crippen LogP contribution in [-0.2, 0) is 0 Å². The number of hydrogen-bond acceptors (Lipinski definition) is 6. The summed E-state index contributed by atoms with van der Waals surface area (Å²) in [6.07, 6.45) is 2.45. The summed E-state index contributed by atoms with van der Waals surface area (Å²) in [5, 5.41) is 0. The molecule has 0 bridgehead atoms.